The van der Waals surface area contributed by atoms with Gasteiger partial charge in [0, 0.05) is 5.57 Å². The fourth-order valence-corrected chi connectivity index (χ4v) is 4.38. The molecule has 88 valence electrons. The maximum absolute atomic E-state index is 11.5. The lowest BCUT2D eigenvalue weighted by Gasteiger charge is -2.31. The molecule has 0 spiro atoms. The molecule has 2 heteroatoms. The van der Waals surface area contributed by atoms with E-state index in [1.807, 2.05) is 0 Å². The normalized spacial score (nSPS) is 44.4. The molecule has 0 aromatic carbocycles. The van der Waals surface area contributed by atoms with E-state index in [0.29, 0.717) is 11.5 Å². The van der Waals surface area contributed by atoms with Crippen LogP contribution in [0.4, 0.5) is 0 Å². The van der Waals surface area contributed by atoms with Gasteiger partial charge in [0.05, 0.1) is 0 Å². The molecule has 0 radical (unpaired) electrons. The fourth-order valence-electron chi connectivity index (χ4n) is 4.38. The second kappa shape index (κ2) is 3.61. The van der Waals surface area contributed by atoms with Crippen LogP contribution in [0.2, 0.25) is 0 Å². The van der Waals surface area contributed by atoms with Crippen molar-refractivity contribution in [3.63, 3.8) is 0 Å². The minimum absolute atomic E-state index is 0.188. The molecule has 2 nitrogen and oxygen atoms in total. The Labute approximate surface area is 97.1 Å². The topological polar surface area (TPSA) is 26.3 Å². The maximum atomic E-state index is 11.5. The number of rotatable bonds is 2. The maximum Gasteiger partial charge on any atom is 0.333 e. The molecule has 0 aromatic heterocycles. The zero-order valence-corrected chi connectivity index (χ0v) is 9.95. The first-order valence-corrected chi connectivity index (χ1v) is 6.53. The smallest absolute Gasteiger partial charge is 0.333 e. The Morgan fingerprint density at radius 3 is 2.69 bits per heavy atom. The van der Waals surface area contributed by atoms with Crippen LogP contribution in [0.15, 0.2) is 12.2 Å². The molecule has 0 aromatic rings. The molecule has 3 saturated carbocycles. The van der Waals surface area contributed by atoms with E-state index in [-0.39, 0.29) is 12.1 Å². The lowest BCUT2D eigenvalue weighted by atomic mass is 9.80. The summed E-state index contributed by atoms with van der Waals surface area (Å²) in [5.41, 5.74) is 0.533. The second-order valence-corrected chi connectivity index (χ2v) is 5.88. The van der Waals surface area contributed by atoms with Crippen molar-refractivity contribution in [2.24, 2.45) is 23.7 Å². The second-order valence-electron chi connectivity index (χ2n) is 5.88. The van der Waals surface area contributed by atoms with E-state index >= 15 is 0 Å². The highest BCUT2D eigenvalue weighted by molar-refractivity contribution is 5.87. The van der Waals surface area contributed by atoms with Crippen molar-refractivity contribution >= 4 is 5.97 Å². The highest BCUT2D eigenvalue weighted by Gasteiger charge is 2.55. The van der Waals surface area contributed by atoms with Gasteiger partial charge in [0.15, 0.2) is 0 Å². The first-order valence-electron chi connectivity index (χ1n) is 6.53. The van der Waals surface area contributed by atoms with Crippen molar-refractivity contribution in [3.05, 3.63) is 12.2 Å². The van der Waals surface area contributed by atoms with Gasteiger partial charge in [-0.3, -0.25) is 0 Å². The first-order chi connectivity index (χ1) is 7.66. The molecule has 16 heavy (non-hydrogen) atoms. The molecule has 0 heterocycles. The van der Waals surface area contributed by atoms with E-state index in [0.717, 1.165) is 24.2 Å². The monoisotopic (exact) mass is 220 g/mol. The van der Waals surface area contributed by atoms with E-state index in [4.69, 9.17) is 4.74 Å². The molecular formula is C14H20O2. The quantitative estimate of drug-likeness (QED) is 0.528. The number of fused-ring (bicyclic) bond motifs is 5. The van der Waals surface area contributed by atoms with Crippen LogP contribution in [0, 0.1) is 23.7 Å². The van der Waals surface area contributed by atoms with Crippen molar-refractivity contribution in [1.29, 1.82) is 0 Å². The van der Waals surface area contributed by atoms with Crippen molar-refractivity contribution in [1.82, 2.24) is 0 Å². The summed E-state index contributed by atoms with van der Waals surface area (Å²) in [6, 6.07) is 0. The summed E-state index contributed by atoms with van der Waals surface area (Å²) in [6.45, 7) is 5.38. The number of esters is 1. The summed E-state index contributed by atoms with van der Waals surface area (Å²) >= 11 is 0. The Hall–Kier alpha value is -0.790. The Morgan fingerprint density at radius 1 is 1.19 bits per heavy atom. The third-order valence-corrected chi connectivity index (χ3v) is 4.97. The Kier molecular flexibility index (Phi) is 2.34. The number of ether oxygens (including phenoxy) is 1. The zero-order valence-electron chi connectivity index (χ0n) is 9.95. The zero-order chi connectivity index (χ0) is 11.3. The lowest BCUT2D eigenvalue weighted by molar-refractivity contribution is -0.148. The number of hydrogen-bond acceptors (Lipinski definition) is 2. The van der Waals surface area contributed by atoms with E-state index in [1.54, 1.807) is 6.92 Å². The molecule has 4 unspecified atom stereocenters. The van der Waals surface area contributed by atoms with E-state index in [9.17, 15) is 4.79 Å². The van der Waals surface area contributed by atoms with Crippen LogP contribution >= 0.6 is 0 Å². The van der Waals surface area contributed by atoms with E-state index in [1.165, 1.54) is 25.7 Å². The van der Waals surface area contributed by atoms with E-state index in [2.05, 4.69) is 6.58 Å². The van der Waals surface area contributed by atoms with Gasteiger partial charge in [-0.1, -0.05) is 13.0 Å². The fraction of sp³-hybridized carbons (Fsp3) is 0.786. The van der Waals surface area contributed by atoms with Gasteiger partial charge in [-0.2, -0.15) is 0 Å². The summed E-state index contributed by atoms with van der Waals surface area (Å²) in [4.78, 5) is 11.5. The van der Waals surface area contributed by atoms with Gasteiger partial charge < -0.3 is 4.74 Å². The summed E-state index contributed by atoms with van der Waals surface area (Å²) in [5.74, 6) is 3.15. The molecule has 3 aliphatic carbocycles. The first kappa shape index (κ1) is 10.4. The molecule has 3 aliphatic rings. The van der Waals surface area contributed by atoms with Crippen LogP contribution in [0.3, 0.4) is 0 Å². The van der Waals surface area contributed by atoms with Crippen molar-refractivity contribution in [2.45, 2.75) is 45.1 Å². The molecule has 3 rings (SSSR count). The number of hydrogen-bond donors (Lipinski definition) is 0. The Bertz CT molecular complexity index is 334. The highest BCUT2D eigenvalue weighted by atomic mass is 16.5. The van der Waals surface area contributed by atoms with Gasteiger partial charge in [0.1, 0.15) is 6.10 Å². The molecule has 0 amide bonds. The van der Waals surface area contributed by atoms with Gasteiger partial charge in [0.2, 0.25) is 0 Å². The van der Waals surface area contributed by atoms with Gasteiger partial charge in [-0.15, -0.1) is 0 Å². The molecule has 0 aliphatic heterocycles. The van der Waals surface area contributed by atoms with Crippen LogP contribution in [0.1, 0.15) is 39.0 Å². The van der Waals surface area contributed by atoms with Crippen LogP contribution in [-0.4, -0.2) is 12.1 Å². The number of carbonyl (C=O) groups is 1. The van der Waals surface area contributed by atoms with Gasteiger partial charge in [-0.05, 0) is 56.3 Å². The molecule has 0 saturated heterocycles. The molecule has 5 atom stereocenters. The SMILES string of the molecule is C=C(C)C(=O)OC1C[C@@H]2CC1C1CCCC12. The molecule has 3 fully saturated rings. The van der Waals surface area contributed by atoms with Crippen LogP contribution in [0.5, 0.6) is 0 Å². The average Bonchev–Trinajstić information content (AvgIpc) is 2.87. The summed E-state index contributed by atoms with van der Waals surface area (Å²) in [7, 11) is 0. The standard InChI is InChI=1S/C14H20O2/c1-8(2)14(15)16-13-7-9-6-12(13)11-5-3-4-10(9)11/h9-13H,1,3-7H2,2H3/t9-,10?,11?,12?,13?/m0/s1. The van der Waals surface area contributed by atoms with Crippen LogP contribution < -0.4 is 0 Å². The third kappa shape index (κ3) is 1.42. The number of carbonyl (C=O) groups excluding carboxylic acids is 1. The predicted molar refractivity (Wildman–Crippen MR) is 61.7 cm³/mol. The van der Waals surface area contributed by atoms with Crippen molar-refractivity contribution < 1.29 is 9.53 Å². The summed E-state index contributed by atoms with van der Waals surface area (Å²) in [5, 5.41) is 0. The Morgan fingerprint density at radius 2 is 1.94 bits per heavy atom. The summed E-state index contributed by atoms with van der Waals surface area (Å²) < 4.78 is 5.58. The average molecular weight is 220 g/mol. The van der Waals surface area contributed by atoms with Crippen molar-refractivity contribution in [2.75, 3.05) is 0 Å². The minimum atomic E-state index is -0.188. The molecular weight excluding hydrogens is 200 g/mol. The Balaban J connectivity index is 1.68. The minimum Gasteiger partial charge on any atom is -0.459 e. The van der Waals surface area contributed by atoms with Gasteiger partial charge in [-0.25, -0.2) is 4.79 Å². The van der Waals surface area contributed by atoms with Gasteiger partial charge >= 0.3 is 5.97 Å². The van der Waals surface area contributed by atoms with Gasteiger partial charge in [0.25, 0.3) is 0 Å². The lowest BCUT2D eigenvalue weighted by Crippen LogP contribution is -2.32. The third-order valence-electron chi connectivity index (χ3n) is 4.97. The molecule has 0 N–H and O–H groups in total. The molecule has 2 bridgehead atoms. The van der Waals surface area contributed by atoms with Crippen molar-refractivity contribution in [3.8, 4) is 0 Å². The van der Waals surface area contributed by atoms with Crippen LogP contribution in [-0.2, 0) is 9.53 Å². The van der Waals surface area contributed by atoms with E-state index < -0.39 is 0 Å². The predicted octanol–water partition coefficient (Wildman–Crippen LogP) is 2.93. The largest absolute Gasteiger partial charge is 0.459 e. The summed E-state index contributed by atoms with van der Waals surface area (Å²) in [6.07, 6.45) is 6.81. The highest BCUT2D eigenvalue weighted by Crippen LogP contribution is 2.59. The van der Waals surface area contributed by atoms with Crippen LogP contribution in [0.25, 0.3) is 0 Å².